The minimum absolute atomic E-state index is 0.0402. The Kier molecular flexibility index (Phi) is 4.47. The van der Waals surface area contributed by atoms with Gasteiger partial charge < -0.3 is 0 Å². The minimum Gasteiger partial charge on any atom is -0.299 e. The van der Waals surface area contributed by atoms with Gasteiger partial charge in [-0.3, -0.25) is 13.8 Å². The van der Waals surface area contributed by atoms with Gasteiger partial charge in [-0.25, -0.2) is 4.98 Å². The lowest BCUT2D eigenvalue weighted by atomic mass is 10.2. The first-order valence-electron chi connectivity index (χ1n) is 5.93. The van der Waals surface area contributed by atoms with Crippen molar-refractivity contribution in [1.29, 1.82) is 0 Å². The Labute approximate surface area is 113 Å². The Bertz CT molecular complexity index is 597. The summed E-state index contributed by atoms with van der Waals surface area (Å²) >= 11 is 3.38. The van der Waals surface area contributed by atoms with Crippen LogP contribution in [0, 0.1) is 0 Å². The number of aryl methyl sites for hydroxylation is 1. The molecule has 2 aromatic rings. The summed E-state index contributed by atoms with van der Waals surface area (Å²) < 4.78 is 14.4. The number of halogens is 2. The average Bonchev–Trinajstić information content (AvgIpc) is 2.38. The van der Waals surface area contributed by atoms with Crippen molar-refractivity contribution in [3.63, 3.8) is 0 Å². The molecule has 18 heavy (non-hydrogen) atoms. The quantitative estimate of drug-likeness (QED) is 0.794. The number of para-hydroxylation sites is 1. The summed E-state index contributed by atoms with van der Waals surface area (Å²) in [7, 11) is 0. The molecule has 0 spiro atoms. The van der Waals surface area contributed by atoms with Gasteiger partial charge in [-0.1, -0.05) is 6.07 Å². The van der Waals surface area contributed by atoms with Crippen LogP contribution in [0.4, 0.5) is 4.39 Å². The number of unbranched alkanes of at least 4 members (excludes halogenated alkanes) is 2. The molecule has 0 aliphatic carbocycles. The van der Waals surface area contributed by atoms with Gasteiger partial charge in [0.05, 0.1) is 23.9 Å². The summed E-state index contributed by atoms with van der Waals surface area (Å²) in [5.74, 6) is 0. The van der Waals surface area contributed by atoms with Crippen molar-refractivity contribution < 1.29 is 4.39 Å². The molecule has 0 radical (unpaired) electrons. The lowest BCUT2D eigenvalue weighted by Gasteiger charge is -2.06. The third-order valence-electron chi connectivity index (χ3n) is 2.84. The fourth-order valence-corrected chi connectivity index (χ4v) is 2.33. The maximum atomic E-state index is 12.2. The van der Waals surface area contributed by atoms with Crippen molar-refractivity contribution in [3.8, 4) is 0 Å². The van der Waals surface area contributed by atoms with Crippen molar-refractivity contribution >= 4 is 26.8 Å². The molecule has 0 bridgehead atoms. The van der Waals surface area contributed by atoms with Crippen LogP contribution in [0.3, 0.4) is 0 Å². The van der Waals surface area contributed by atoms with E-state index in [1.807, 2.05) is 12.1 Å². The van der Waals surface area contributed by atoms with Gasteiger partial charge in [-0.2, -0.15) is 0 Å². The second kappa shape index (κ2) is 6.09. The highest BCUT2D eigenvalue weighted by atomic mass is 79.9. The van der Waals surface area contributed by atoms with Crippen LogP contribution in [0.2, 0.25) is 0 Å². The molecule has 1 aromatic heterocycles. The van der Waals surface area contributed by atoms with E-state index in [4.69, 9.17) is 0 Å². The molecule has 5 heteroatoms. The Morgan fingerprint density at radius 2 is 2.11 bits per heavy atom. The Morgan fingerprint density at radius 1 is 1.28 bits per heavy atom. The number of alkyl halides is 1. The molecule has 0 unspecified atom stereocenters. The standard InChI is InChI=1S/C13H14BrFN2O/c14-11-6-4-5-10-12(11)16-9-17(13(10)18)8-3-1-2-7-15/h4-6,9H,1-3,7-8H2. The van der Waals surface area contributed by atoms with Gasteiger partial charge in [0.1, 0.15) is 0 Å². The van der Waals surface area contributed by atoms with Crippen LogP contribution in [0.1, 0.15) is 19.3 Å². The van der Waals surface area contributed by atoms with Crippen LogP contribution < -0.4 is 5.56 Å². The number of aromatic nitrogens is 2. The highest BCUT2D eigenvalue weighted by Crippen LogP contribution is 2.18. The van der Waals surface area contributed by atoms with E-state index in [2.05, 4.69) is 20.9 Å². The Morgan fingerprint density at radius 3 is 2.89 bits per heavy atom. The van der Waals surface area contributed by atoms with Crippen LogP contribution in [0.15, 0.2) is 33.8 Å². The fraction of sp³-hybridized carbons (Fsp3) is 0.385. The molecule has 0 aliphatic heterocycles. The first-order valence-corrected chi connectivity index (χ1v) is 6.73. The first-order chi connectivity index (χ1) is 8.74. The molecule has 1 heterocycles. The molecule has 1 aromatic carbocycles. The van der Waals surface area contributed by atoms with Crippen LogP contribution in [0.5, 0.6) is 0 Å². The summed E-state index contributed by atoms with van der Waals surface area (Å²) in [6, 6.07) is 5.46. The van der Waals surface area contributed by atoms with Gasteiger partial charge in [-0.15, -0.1) is 0 Å². The second-order valence-corrected chi connectivity index (χ2v) is 4.98. The average molecular weight is 313 g/mol. The minimum atomic E-state index is -0.294. The molecule has 0 saturated carbocycles. The number of rotatable bonds is 5. The van der Waals surface area contributed by atoms with Crippen molar-refractivity contribution in [2.24, 2.45) is 0 Å². The van der Waals surface area contributed by atoms with E-state index in [1.54, 1.807) is 17.0 Å². The Balaban J connectivity index is 2.26. The van der Waals surface area contributed by atoms with Gasteiger partial charge >= 0.3 is 0 Å². The van der Waals surface area contributed by atoms with Gasteiger partial charge in [0, 0.05) is 11.0 Å². The predicted molar refractivity (Wildman–Crippen MR) is 73.5 cm³/mol. The lowest BCUT2D eigenvalue weighted by molar-refractivity contribution is 0.446. The zero-order chi connectivity index (χ0) is 13.0. The maximum Gasteiger partial charge on any atom is 0.261 e. The van der Waals surface area contributed by atoms with Gasteiger partial charge in [0.25, 0.3) is 5.56 Å². The SMILES string of the molecule is O=c1c2cccc(Br)c2ncn1CCCCCF. The third-order valence-corrected chi connectivity index (χ3v) is 3.48. The maximum absolute atomic E-state index is 12.2. The lowest BCUT2D eigenvalue weighted by Crippen LogP contribution is -2.20. The number of nitrogens with zero attached hydrogens (tertiary/aromatic N) is 2. The molecule has 0 atom stereocenters. The smallest absolute Gasteiger partial charge is 0.261 e. The van der Waals surface area contributed by atoms with Crippen LogP contribution in [-0.4, -0.2) is 16.2 Å². The van der Waals surface area contributed by atoms with E-state index < -0.39 is 0 Å². The molecule has 0 N–H and O–H groups in total. The fourth-order valence-electron chi connectivity index (χ4n) is 1.87. The first kappa shape index (κ1) is 13.2. The summed E-state index contributed by atoms with van der Waals surface area (Å²) in [6.07, 6.45) is 3.71. The number of hydrogen-bond donors (Lipinski definition) is 0. The molecule has 0 aliphatic rings. The molecule has 96 valence electrons. The van der Waals surface area contributed by atoms with E-state index in [9.17, 15) is 9.18 Å². The zero-order valence-electron chi connectivity index (χ0n) is 9.90. The van der Waals surface area contributed by atoms with Gasteiger partial charge in [-0.05, 0) is 47.3 Å². The Hall–Kier alpha value is -1.23. The molecule has 0 amide bonds. The highest BCUT2D eigenvalue weighted by molar-refractivity contribution is 9.10. The van der Waals surface area contributed by atoms with Gasteiger partial charge in [0.15, 0.2) is 0 Å². The van der Waals surface area contributed by atoms with Crippen LogP contribution in [-0.2, 0) is 6.54 Å². The number of hydrogen-bond acceptors (Lipinski definition) is 2. The van der Waals surface area contributed by atoms with Crippen molar-refractivity contribution in [2.75, 3.05) is 6.67 Å². The van der Waals surface area contributed by atoms with E-state index in [0.717, 1.165) is 17.3 Å². The largest absolute Gasteiger partial charge is 0.299 e. The zero-order valence-corrected chi connectivity index (χ0v) is 11.5. The van der Waals surface area contributed by atoms with E-state index in [0.29, 0.717) is 23.9 Å². The van der Waals surface area contributed by atoms with Crippen LogP contribution >= 0.6 is 15.9 Å². The molecular weight excluding hydrogens is 299 g/mol. The monoisotopic (exact) mass is 312 g/mol. The number of benzene rings is 1. The summed E-state index contributed by atoms with van der Waals surface area (Å²) in [4.78, 5) is 16.5. The predicted octanol–water partition coefficient (Wildman–Crippen LogP) is 3.30. The normalized spacial score (nSPS) is 11.0. The van der Waals surface area contributed by atoms with Crippen molar-refractivity contribution in [2.45, 2.75) is 25.8 Å². The highest BCUT2D eigenvalue weighted by Gasteiger charge is 2.05. The molecule has 2 rings (SSSR count). The summed E-state index contributed by atoms with van der Waals surface area (Å²) in [6.45, 7) is 0.298. The topological polar surface area (TPSA) is 34.9 Å². The molecule has 3 nitrogen and oxygen atoms in total. The van der Waals surface area contributed by atoms with Crippen LogP contribution in [0.25, 0.3) is 10.9 Å². The van der Waals surface area contributed by atoms with E-state index in [1.165, 1.54) is 0 Å². The number of fused-ring (bicyclic) bond motifs is 1. The van der Waals surface area contributed by atoms with E-state index >= 15 is 0 Å². The van der Waals surface area contributed by atoms with Gasteiger partial charge in [0.2, 0.25) is 0 Å². The summed E-state index contributed by atoms with van der Waals surface area (Å²) in [5.41, 5.74) is 0.643. The molecule has 0 saturated heterocycles. The molecule has 0 fully saturated rings. The second-order valence-electron chi connectivity index (χ2n) is 4.13. The van der Waals surface area contributed by atoms with Crippen molar-refractivity contribution in [1.82, 2.24) is 9.55 Å². The third kappa shape index (κ3) is 2.77. The van der Waals surface area contributed by atoms with Crippen molar-refractivity contribution in [3.05, 3.63) is 39.4 Å². The van der Waals surface area contributed by atoms with E-state index in [-0.39, 0.29) is 12.2 Å². The molecular formula is C13H14BrFN2O. The summed E-state index contributed by atoms with van der Waals surface area (Å²) in [5, 5.41) is 0.609.